The van der Waals surface area contributed by atoms with Crippen molar-refractivity contribution in [2.45, 2.75) is 4.90 Å². The van der Waals surface area contributed by atoms with Gasteiger partial charge in [0, 0.05) is 5.02 Å². The molecule has 0 aromatic heterocycles. The number of rotatable bonds is 2. The van der Waals surface area contributed by atoms with Gasteiger partial charge in [-0.15, -0.1) is 4.33 Å². The quantitative estimate of drug-likeness (QED) is 0.591. The van der Waals surface area contributed by atoms with Crippen molar-refractivity contribution in [3.63, 3.8) is 0 Å². The smallest absolute Gasteiger partial charge is 0.235 e. The Balaban J connectivity index is 3.14. The third kappa shape index (κ3) is 1.95. The minimum Gasteiger partial charge on any atom is -0.235 e. The second kappa shape index (κ2) is 3.40. The molecule has 0 aliphatic heterocycles. The summed E-state index contributed by atoms with van der Waals surface area (Å²) in [5.41, 5.74) is 0. The van der Waals surface area contributed by atoms with Crippen LogP contribution in [0.5, 0.6) is 0 Å². The highest BCUT2D eigenvalue weighted by Gasteiger charge is 2.13. The topological polar surface area (TPSA) is 63.6 Å². The summed E-state index contributed by atoms with van der Waals surface area (Å²) in [7, 11) is -4.02. The SMILES string of the molecule is O=S(=O)(OO)c1ccc(Cl)cc1. The van der Waals surface area contributed by atoms with Crippen LogP contribution in [0.2, 0.25) is 5.02 Å². The summed E-state index contributed by atoms with van der Waals surface area (Å²) in [5, 5.41) is 8.40. The summed E-state index contributed by atoms with van der Waals surface area (Å²) in [6, 6.07) is 5.22. The first-order valence-corrected chi connectivity index (χ1v) is 4.68. The van der Waals surface area contributed by atoms with E-state index in [4.69, 9.17) is 16.9 Å². The average molecular weight is 209 g/mol. The van der Waals surface area contributed by atoms with Crippen LogP contribution in [0, 0.1) is 0 Å². The van der Waals surface area contributed by atoms with Gasteiger partial charge in [0.05, 0.1) is 4.90 Å². The van der Waals surface area contributed by atoms with E-state index in [0.717, 1.165) is 0 Å². The highest BCUT2D eigenvalue weighted by molar-refractivity contribution is 7.86. The first-order valence-electron chi connectivity index (χ1n) is 2.90. The third-order valence-corrected chi connectivity index (χ3v) is 2.50. The van der Waals surface area contributed by atoms with E-state index < -0.39 is 10.1 Å². The van der Waals surface area contributed by atoms with E-state index in [1.165, 1.54) is 24.3 Å². The van der Waals surface area contributed by atoms with Crippen LogP contribution in [0.1, 0.15) is 0 Å². The van der Waals surface area contributed by atoms with Crippen LogP contribution in [0.15, 0.2) is 29.2 Å². The highest BCUT2D eigenvalue weighted by Crippen LogP contribution is 2.14. The zero-order chi connectivity index (χ0) is 9.19. The maximum atomic E-state index is 10.8. The van der Waals surface area contributed by atoms with Gasteiger partial charge in [0.1, 0.15) is 0 Å². The number of hydrogen-bond acceptors (Lipinski definition) is 4. The monoisotopic (exact) mass is 208 g/mol. The highest BCUT2D eigenvalue weighted by atomic mass is 35.5. The maximum Gasteiger partial charge on any atom is 0.323 e. The molecule has 0 aliphatic rings. The van der Waals surface area contributed by atoms with Gasteiger partial charge in [0.15, 0.2) is 0 Å². The Morgan fingerprint density at radius 2 is 1.75 bits per heavy atom. The molecule has 6 heteroatoms. The van der Waals surface area contributed by atoms with Crippen LogP contribution in [0.25, 0.3) is 0 Å². The van der Waals surface area contributed by atoms with Gasteiger partial charge in [-0.1, -0.05) is 11.6 Å². The fraction of sp³-hybridized carbons (Fsp3) is 0. The second-order valence-electron chi connectivity index (χ2n) is 1.98. The molecule has 0 saturated heterocycles. The van der Waals surface area contributed by atoms with Crippen molar-refractivity contribution in [2.75, 3.05) is 0 Å². The number of hydrogen-bond donors (Lipinski definition) is 1. The Bertz CT molecular complexity index is 356. The molecule has 0 radical (unpaired) electrons. The molecule has 0 aliphatic carbocycles. The molecule has 1 rings (SSSR count). The van der Waals surface area contributed by atoms with Gasteiger partial charge in [-0.2, -0.15) is 8.42 Å². The molecule has 0 fully saturated rings. The Hall–Kier alpha value is -0.620. The minimum atomic E-state index is -4.02. The van der Waals surface area contributed by atoms with Crippen LogP contribution in [0.3, 0.4) is 0 Å². The Kier molecular flexibility index (Phi) is 2.69. The van der Waals surface area contributed by atoms with Gasteiger partial charge >= 0.3 is 10.1 Å². The lowest BCUT2D eigenvalue weighted by molar-refractivity contribution is -0.130. The standard InChI is InChI=1S/C6H5ClO4S/c7-5-1-3-6(4-2-5)12(9,10)11-8/h1-4,8H. The number of halogens is 1. The van der Waals surface area contributed by atoms with Crippen LogP contribution in [0.4, 0.5) is 0 Å². The lowest BCUT2D eigenvalue weighted by Gasteiger charge is -1.97. The molecular weight excluding hydrogens is 204 g/mol. The van der Waals surface area contributed by atoms with Crippen LogP contribution < -0.4 is 0 Å². The summed E-state index contributed by atoms with van der Waals surface area (Å²) in [6.07, 6.45) is 0. The average Bonchev–Trinajstić information content (AvgIpc) is 2.05. The van der Waals surface area contributed by atoms with Gasteiger partial charge in [0.25, 0.3) is 0 Å². The molecule has 1 aromatic rings. The van der Waals surface area contributed by atoms with Gasteiger partial charge in [-0.25, -0.2) is 5.26 Å². The van der Waals surface area contributed by atoms with Crippen molar-refractivity contribution in [3.05, 3.63) is 29.3 Å². The van der Waals surface area contributed by atoms with Crippen molar-refractivity contribution in [2.24, 2.45) is 0 Å². The van der Waals surface area contributed by atoms with Gasteiger partial charge in [-0.05, 0) is 24.3 Å². The molecule has 0 bridgehead atoms. The zero-order valence-corrected chi connectivity index (χ0v) is 7.34. The van der Waals surface area contributed by atoms with Gasteiger partial charge in [0.2, 0.25) is 0 Å². The van der Waals surface area contributed by atoms with E-state index in [-0.39, 0.29) is 4.90 Å². The lowest BCUT2D eigenvalue weighted by atomic mass is 10.4. The Morgan fingerprint density at radius 1 is 1.25 bits per heavy atom. The lowest BCUT2D eigenvalue weighted by Crippen LogP contribution is -2.02. The maximum absolute atomic E-state index is 10.8. The van der Waals surface area contributed by atoms with Crippen molar-refractivity contribution >= 4 is 21.7 Å². The fourth-order valence-electron chi connectivity index (χ4n) is 0.644. The summed E-state index contributed by atoms with van der Waals surface area (Å²) >= 11 is 5.51. The molecule has 1 N–H and O–H groups in total. The molecule has 66 valence electrons. The van der Waals surface area contributed by atoms with Gasteiger partial charge < -0.3 is 0 Å². The molecule has 0 saturated carbocycles. The van der Waals surface area contributed by atoms with E-state index in [0.29, 0.717) is 5.02 Å². The Labute approximate surface area is 74.4 Å². The molecule has 12 heavy (non-hydrogen) atoms. The van der Waals surface area contributed by atoms with Crippen LogP contribution in [-0.2, 0) is 14.5 Å². The van der Waals surface area contributed by atoms with E-state index >= 15 is 0 Å². The molecule has 1 aromatic carbocycles. The summed E-state index contributed by atoms with van der Waals surface area (Å²) in [6.45, 7) is 0. The van der Waals surface area contributed by atoms with Crippen molar-refractivity contribution in [3.8, 4) is 0 Å². The van der Waals surface area contributed by atoms with Gasteiger partial charge in [-0.3, -0.25) is 0 Å². The normalized spacial score (nSPS) is 11.5. The van der Waals surface area contributed by atoms with Crippen LogP contribution >= 0.6 is 11.6 Å². The minimum absolute atomic E-state index is 0.144. The predicted molar refractivity (Wildman–Crippen MR) is 42.4 cm³/mol. The fourth-order valence-corrected chi connectivity index (χ4v) is 1.33. The summed E-state index contributed by atoms with van der Waals surface area (Å²) in [5.74, 6) is 0. The first-order chi connectivity index (χ1) is 5.56. The van der Waals surface area contributed by atoms with Crippen molar-refractivity contribution < 1.29 is 18.0 Å². The number of benzene rings is 1. The molecule has 0 atom stereocenters. The van der Waals surface area contributed by atoms with Crippen LogP contribution in [-0.4, -0.2) is 13.7 Å². The van der Waals surface area contributed by atoms with Crippen molar-refractivity contribution in [1.82, 2.24) is 0 Å². The Morgan fingerprint density at radius 3 is 2.17 bits per heavy atom. The third-order valence-electron chi connectivity index (χ3n) is 1.20. The molecule has 0 spiro atoms. The molecule has 0 unspecified atom stereocenters. The van der Waals surface area contributed by atoms with Crippen molar-refractivity contribution in [1.29, 1.82) is 0 Å². The molecule has 0 heterocycles. The summed E-state index contributed by atoms with van der Waals surface area (Å²) < 4.78 is 24.9. The molecule has 4 nitrogen and oxygen atoms in total. The second-order valence-corrected chi connectivity index (χ2v) is 3.95. The molecule has 0 amide bonds. The first kappa shape index (κ1) is 9.47. The predicted octanol–water partition coefficient (Wildman–Crippen LogP) is 1.52. The zero-order valence-electron chi connectivity index (χ0n) is 5.77. The van der Waals surface area contributed by atoms with E-state index in [1.807, 2.05) is 0 Å². The van der Waals surface area contributed by atoms with E-state index in [2.05, 4.69) is 4.33 Å². The van der Waals surface area contributed by atoms with E-state index in [9.17, 15) is 8.42 Å². The largest absolute Gasteiger partial charge is 0.323 e. The summed E-state index contributed by atoms with van der Waals surface area (Å²) in [4.78, 5) is -0.144. The van der Waals surface area contributed by atoms with E-state index in [1.54, 1.807) is 0 Å². The molecular formula is C6H5ClO4S.